The van der Waals surface area contributed by atoms with Crippen molar-refractivity contribution in [2.45, 2.75) is 88.1 Å². The van der Waals surface area contributed by atoms with E-state index in [2.05, 4.69) is 10.6 Å². The van der Waals surface area contributed by atoms with Crippen LogP contribution >= 0.6 is 0 Å². The zero-order chi connectivity index (χ0) is 17.5. The largest absolute Gasteiger partial charge is 0.473 e. The summed E-state index contributed by atoms with van der Waals surface area (Å²) in [6.07, 6.45) is 17.5. The third-order valence-corrected chi connectivity index (χ3v) is 6.01. The molecule has 0 atom stereocenters. The van der Waals surface area contributed by atoms with Crippen molar-refractivity contribution in [2.75, 3.05) is 13.1 Å². The van der Waals surface area contributed by atoms with Gasteiger partial charge in [-0.3, -0.25) is 0 Å². The van der Waals surface area contributed by atoms with E-state index in [1.54, 1.807) is 0 Å². The van der Waals surface area contributed by atoms with Crippen molar-refractivity contribution in [3.63, 3.8) is 0 Å². The SMILES string of the molecule is C1CCC2(CC1)CCN2.C1CCC2(CC1)CCN2.O=C(O)C(=O)O. The molecule has 138 valence electrons. The highest BCUT2D eigenvalue weighted by molar-refractivity contribution is 6.27. The number of hydrogen-bond donors (Lipinski definition) is 4. The van der Waals surface area contributed by atoms with E-state index in [9.17, 15) is 0 Å². The summed E-state index contributed by atoms with van der Waals surface area (Å²) in [5.74, 6) is -3.65. The van der Waals surface area contributed by atoms with Gasteiger partial charge in [-0.1, -0.05) is 38.5 Å². The highest BCUT2D eigenvalue weighted by atomic mass is 16.4. The van der Waals surface area contributed by atoms with Crippen LogP contribution in [-0.4, -0.2) is 46.3 Å². The van der Waals surface area contributed by atoms with Crippen LogP contribution in [0.25, 0.3) is 0 Å². The number of aliphatic carboxylic acids is 2. The predicted octanol–water partition coefficient (Wildman–Crippen LogP) is 2.52. The van der Waals surface area contributed by atoms with Gasteiger partial charge in [-0.2, -0.15) is 0 Å². The van der Waals surface area contributed by atoms with Gasteiger partial charge in [0.1, 0.15) is 0 Å². The molecule has 0 bridgehead atoms. The molecule has 2 aliphatic heterocycles. The number of nitrogens with one attached hydrogen (secondary N) is 2. The molecule has 4 aliphatic rings. The number of carboxylic acid groups (broad SMARTS) is 2. The normalized spacial score (nSPS) is 25.8. The van der Waals surface area contributed by atoms with Gasteiger partial charge < -0.3 is 20.8 Å². The summed E-state index contributed by atoms with van der Waals surface area (Å²) in [4.78, 5) is 18.2. The molecule has 2 saturated carbocycles. The number of hydrogen-bond acceptors (Lipinski definition) is 4. The van der Waals surface area contributed by atoms with Gasteiger partial charge in [0.25, 0.3) is 0 Å². The van der Waals surface area contributed by atoms with Crippen LogP contribution in [0.2, 0.25) is 0 Å². The first-order valence-electron chi connectivity index (χ1n) is 9.43. The second-order valence-corrected chi connectivity index (χ2v) is 7.65. The summed E-state index contributed by atoms with van der Waals surface area (Å²) in [7, 11) is 0. The Hall–Kier alpha value is -1.14. The van der Waals surface area contributed by atoms with Crippen molar-refractivity contribution in [2.24, 2.45) is 0 Å². The molecule has 2 saturated heterocycles. The maximum Gasteiger partial charge on any atom is 0.414 e. The summed E-state index contributed by atoms with van der Waals surface area (Å²) in [6.45, 7) is 2.56. The Morgan fingerprint density at radius 3 is 1.00 bits per heavy atom. The zero-order valence-corrected chi connectivity index (χ0v) is 14.6. The standard InChI is InChI=1S/2C8H15N.C2H2O4/c2*1-2-4-8(5-3-1)6-7-9-8;3-1(4)2(5)6/h2*9H,1-7H2;(H,3,4)(H,5,6). The summed E-state index contributed by atoms with van der Waals surface area (Å²) in [5.41, 5.74) is 1.30. The molecular formula is C18H32N2O4. The van der Waals surface area contributed by atoms with Gasteiger partial charge in [-0.05, 0) is 51.6 Å². The van der Waals surface area contributed by atoms with Crippen molar-refractivity contribution in [3.8, 4) is 0 Å². The van der Waals surface area contributed by atoms with Crippen LogP contribution in [0.3, 0.4) is 0 Å². The predicted molar refractivity (Wildman–Crippen MR) is 92.1 cm³/mol. The van der Waals surface area contributed by atoms with E-state index in [4.69, 9.17) is 19.8 Å². The number of rotatable bonds is 0. The Labute approximate surface area is 144 Å². The fraction of sp³-hybridized carbons (Fsp3) is 0.889. The van der Waals surface area contributed by atoms with Crippen LogP contribution in [-0.2, 0) is 9.59 Å². The third-order valence-electron chi connectivity index (χ3n) is 6.01. The van der Waals surface area contributed by atoms with E-state index >= 15 is 0 Å². The molecule has 0 aromatic carbocycles. The zero-order valence-electron chi connectivity index (χ0n) is 14.6. The molecular weight excluding hydrogens is 308 g/mol. The van der Waals surface area contributed by atoms with Crippen molar-refractivity contribution in [1.82, 2.24) is 10.6 Å². The van der Waals surface area contributed by atoms with Crippen molar-refractivity contribution in [1.29, 1.82) is 0 Å². The first kappa shape index (κ1) is 19.2. The van der Waals surface area contributed by atoms with Crippen LogP contribution < -0.4 is 10.6 Å². The van der Waals surface area contributed by atoms with Gasteiger partial charge in [-0.15, -0.1) is 0 Å². The van der Waals surface area contributed by atoms with E-state index in [0.717, 1.165) is 0 Å². The molecule has 6 heteroatoms. The molecule has 0 amide bonds. The van der Waals surface area contributed by atoms with E-state index in [0.29, 0.717) is 11.1 Å². The molecule has 4 fully saturated rings. The highest BCUT2D eigenvalue weighted by Gasteiger charge is 2.37. The van der Waals surface area contributed by atoms with E-state index in [-0.39, 0.29) is 0 Å². The summed E-state index contributed by atoms with van der Waals surface area (Å²) in [6, 6.07) is 0. The molecule has 0 aromatic heterocycles. The van der Waals surface area contributed by atoms with Crippen LogP contribution in [0.5, 0.6) is 0 Å². The fourth-order valence-corrected chi connectivity index (χ4v) is 4.27. The topological polar surface area (TPSA) is 98.7 Å². The number of carboxylic acids is 2. The molecule has 0 aromatic rings. The summed E-state index contributed by atoms with van der Waals surface area (Å²) >= 11 is 0. The van der Waals surface area contributed by atoms with Gasteiger partial charge in [0.2, 0.25) is 0 Å². The summed E-state index contributed by atoms with van der Waals surface area (Å²) in [5, 5.41) is 21.9. The Bertz CT molecular complexity index is 375. The van der Waals surface area contributed by atoms with Crippen LogP contribution in [0.15, 0.2) is 0 Å². The molecule has 0 radical (unpaired) electrons. The van der Waals surface area contributed by atoms with Crippen LogP contribution in [0.4, 0.5) is 0 Å². The van der Waals surface area contributed by atoms with Gasteiger partial charge in [0.15, 0.2) is 0 Å². The Morgan fingerprint density at radius 2 is 0.875 bits per heavy atom. The Morgan fingerprint density at radius 1 is 0.583 bits per heavy atom. The quantitative estimate of drug-likeness (QED) is 0.506. The number of carbonyl (C=O) groups is 2. The molecule has 4 N–H and O–H groups in total. The van der Waals surface area contributed by atoms with Crippen molar-refractivity contribution < 1.29 is 19.8 Å². The minimum atomic E-state index is -1.82. The smallest absolute Gasteiger partial charge is 0.414 e. The van der Waals surface area contributed by atoms with Gasteiger partial charge in [-0.25, -0.2) is 9.59 Å². The molecule has 2 aliphatic carbocycles. The second kappa shape index (κ2) is 8.81. The van der Waals surface area contributed by atoms with Gasteiger partial charge in [0.05, 0.1) is 0 Å². The molecule has 6 nitrogen and oxygen atoms in total. The lowest BCUT2D eigenvalue weighted by atomic mass is 9.75. The van der Waals surface area contributed by atoms with E-state index < -0.39 is 11.9 Å². The lowest BCUT2D eigenvalue weighted by Gasteiger charge is -2.46. The van der Waals surface area contributed by atoms with Crippen LogP contribution in [0, 0.1) is 0 Å². The minimum Gasteiger partial charge on any atom is -0.473 e. The average Bonchev–Trinajstić information content (AvgIpc) is 2.55. The van der Waals surface area contributed by atoms with Crippen molar-refractivity contribution >= 4 is 11.9 Å². The lowest BCUT2D eigenvalue weighted by Crippen LogP contribution is -2.57. The van der Waals surface area contributed by atoms with E-state index in [1.807, 2.05) is 0 Å². The first-order valence-corrected chi connectivity index (χ1v) is 9.43. The molecule has 4 rings (SSSR count). The van der Waals surface area contributed by atoms with E-state index in [1.165, 1.54) is 90.1 Å². The monoisotopic (exact) mass is 340 g/mol. The minimum absolute atomic E-state index is 0.651. The highest BCUT2D eigenvalue weighted by Crippen LogP contribution is 2.35. The maximum atomic E-state index is 9.10. The summed E-state index contributed by atoms with van der Waals surface area (Å²) < 4.78 is 0. The molecule has 24 heavy (non-hydrogen) atoms. The van der Waals surface area contributed by atoms with Gasteiger partial charge in [0, 0.05) is 11.1 Å². The van der Waals surface area contributed by atoms with Crippen LogP contribution in [0.1, 0.15) is 77.0 Å². The molecule has 0 unspecified atom stereocenters. The third kappa shape index (κ3) is 5.45. The maximum absolute atomic E-state index is 9.10. The second-order valence-electron chi connectivity index (χ2n) is 7.65. The lowest BCUT2D eigenvalue weighted by molar-refractivity contribution is -0.159. The fourth-order valence-electron chi connectivity index (χ4n) is 4.27. The van der Waals surface area contributed by atoms with Crippen molar-refractivity contribution in [3.05, 3.63) is 0 Å². The van der Waals surface area contributed by atoms with Gasteiger partial charge >= 0.3 is 11.9 Å². The first-order chi connectivity index (χ1) is 11.5. The average molecular weight is 340 g/mol. The molecule has 2 spiro atoms. The Kier molecular flexibility index (Phi) is 7.04. The molecule has 2 heterocycles. The Balaban J connectivity index is 0.000000134.